The third-order valence-corrected chi connectivity index (χ3v) is 5.90. The molecule has 5 heteroatoms. The highest BCUT2D eigenvalue weighted by Gasteiger charge is 2.33. The number of hydrogen-bond donors (Lipinski definition) is 1. The quantitative estimate of drug-likeness (QED) is 0.861. The summed E-state index contributed by atoms with van der Waals surface area (Å²) < 4.78 is 11.2. The number of amides is 1. The van der Waals surface area contributed by atoms with Crippen molar-refractivity contribution in [3.05, 3.63) is 0 Å². The summed E-state index contributed by atoms with van der Waals surface area (Å²) in [6, 6.07) is 0.361. The van der Waals surface area contributed by atoms with Crippen LogP contribution in [0.4, 0.5) is 0 Å². The van der Waals surface area contributed by atoms with Gasteiger partial charge >= 0.3 is 0 Å². The van der Waals surface area contributed by atoms with Crippen molar-refractivity contribution in [2.75, 3.05) is 26.3 Å². The number of hydrogen-bond acceptors (Lipinski definition) is 4. The van der Waals surface area contributed by atoms with E-state index in [-0.39, 0.29) is 18.2 Å². The van der Waals surface area contributed by atoms with Crippen LogP contribution < -0.4 is 5.32 Å². The number of likely N-dealkylation sites (tertiary alicyclic amines) is 1. The largest absolute Gasteiger partial charge is 0.352 e. The van der Waals surface area contributed by atoms with Crippen molar-refractivity contribution in [2.24, 2.45) is 11.8 Å². The molecular weight excluding hydrogens is 292 g/mol. The smallest absolute Gasteiger partial charge is 0.237 e. The fourth-order valence-corrected chi connectivity index (χ4v) is 4.12. The van der Waals surface area contributed by atoms with Crippen LogP contribution in [0.1, 0.15) is 52.4 Å². The van der Waals surface area contributed by atoms with Crippen molar-refractivity contribution in [1.29, 1.82) is 0 Å². The Kier molecular flexibility index (Phi) is 5.94. The molecule has 3 rings (SSSR count). The number of ether oxygens (including phenoxy) is 2. The van der Waals surface area contributed by atoms with Crippen LogP contribution >= 0.6 is 0 Å². The lowest BCUT2D eigenvalue weighted by atomic mass is 9.87. The van der Waals surface area contributed by atoms with E-state index in [1.54, 1.807) is 0 Å². The molecule has 1 atom stereocenters. The maximum atomic E-state index is 12.5. The lowest BCUT2D eigenvalue weighted by Crippen LogP contribution is -2.51. The highest BCUT2D eigenvalue weighted by atomic mass is 16.7. The predicted molar refractivity (Wildman–Crippen MR) is 89.0 cm³/mol. The molecule has 2 aliphatic heterocycles. The molecule has 2 heterocycles. The monoisotopic (exact) mass is 324 g/mol. The number of nitrogens with zero attached hydrogens (tertiary/aromatic N) is 1. The van der Waals surface area contributed by atoms with Gasteiger partial charge in [-0.2, -0.15) is 0 Å². The van der Waals surface area contributed by atoms with Gasteiger partial charge in [0.1, 0.15) is 0 Å². The average Bonchev–Trinajstić information content (AvgIpc) is 3.11. The van der Waals surface area contributed by atoms with Crippen LogP contribution in [0.2, 0.25) is 0 Å². The van der Waals surface area contributed by atoms with E-state index in [0.29, 0.717) is 12.0 Å². The van der Waals surface area contributed by atoms with Gasteiger partial charge in [0, 0.05) is 12.0 Å². The molecule has 0 spiro atoms. The summed E-state index contributed by atoms with van der Waals surface area (Å²) in [5.41, 5.74) is 0. The fourth-order valence-electron chi connectivity index (χ4n) is 4.12. The Bertz CT molecular complexity index is 382. The van der Waals surface area contributed by atoms with Crippen molar-refractivity contribution in [3.8, 4) is 0 Å². The molecular formula is C18H32N2O3. The Hall–Kier alpha value is -0.650. The van der Waals surface area contributed by atoms with Crippen molar-refractivity contribution in [2.45, 2.75) is 70.7 Å². The van der Waals surface area contributed by atoms with Gasteiger partial charge in [0.15, 0.2) is 6.29 Å². The number of carbonyl (C=O) groups is 1. The summed E-state index contributed by atoms with van der Waals surface area (Å²) in [6.07, 6.45) is 6.87. The van der Waals surface area contributed by atoms with E-state index in [0.717, 1.165) is 57.9 Å². The van der Waals surface area contributed by atoms with Gasteiger partial charge in [-0.1, -0.05) is 6.92 Å². The first kappa shape index (κ1) is 17.2. The van der Waals surface area contributed by atoms with Crippen LogP contribution in [0.3, 0.4) is 0 Å². The molecule has 1 saturated carbocycles. The molecule has 0 aromatic rings. The topological polar surface area (TPSA) is 50.8 Å². The summed E-state index contributed by atoms with van der Waals surface area (Å²) >= 11 is 0. The first-order valence-electron chi connectivity index (χ1n) is 9.41. The molecule has 0 bridgehead atoms. The molecule has 0 radical (unpaired) electrons. The lowest BCUT2D eigenvalue weighted by molar-refractivity contribution is -0.129. The molecule has 1 aliphatic carbocycles. The normalized spacial score (nSPS) is 32.8. The summed E-state index contributed by atoms with van der Waals surface area (Å²) in [7, 11) is 0. The first-order valence-corrected chi connectivity index (χ1v) is 9.41. The molecule has 3 aliphatic rings. The molecule has 0 aromatic heterocycles. The number of carbonyl (C=O) groups excluding carboxylic acids is 1. The zero-order valence-corrected chi connectivity index (χ0v) is 14.6. The van der Waals surface area contributed by atoms with Crippen LogP contribution in [0.25, 0.3) is 0 Å². The van der Waals surface area contributed by atoms with E-state index in [4.69, 9.17) is 9.47 Å². The number of rotatable bonds is 4. The Balaban J connectivity index is 1.41. The highest BCUT2D eigenvalue weighted by molar-refractivity contribution is 5.81. The molecule has 3 fully saturated rings. The molecule has 5 nitrogen and oxygen atoms in total. The van der Waals surface area contributed by atoms with Crippen LogP contribution in [0.5, 0.6) is 0 Å². The maximum Gasteiger partial charge on any atom is 0.237 e. The number of nitrogens with one attached hydrogen (secondary N) is 1. The summed E-state index contributed by atoms with van der Waals surface area (Å²) in [4.78, 5) is 14.8. The van der Waals surface area contributed by atoms with E-state index in [1.165, 1.54) is 12.8 Å². The van der Waals surface area contributed by atoms with Gasteiger partial charge < -0.3 is 14.8 Å². The van der Waals surface area contributed by atoms with Crippen molar-refractivity contribution in [1.82, 2.24) is 10.2 Å². The molecule has 1 unspecified atom stereocenters. The van der Waals surface area contributed by atoms with Crippen molar-refractivity contribution in [3.63, 3.8) is 0 Å². The molecule has 132 valence electrons. The van der Waals surface area contributed by atoms with E-state index < -0.39 is 0 Å². The van der Waals surface area contributed by atoms with Crippen LogP contribution in [0.15, 0.2) is 0 Å². The summed E-state index contributed by atoms with van der Waals surface area (Å²) in [5.74, 6) is 1.51. The third-order valence-electron chi connectivity index (χ3n) is 5.90. The lowest BCUT2D eigenvalue weighted by Gasteiger charge is -2.37. The molecule has 1 amide bonds. The van der Waals surface area contributed by atoms with Gasteiger partial charge in [-0.15, -0.1) is 0 Å². The SMILES string of the molecule is CC1CCC(NC(=O)C(C)N2CCC(C3OCCO3)CC2)CC1. The maximum absolute atomic E-state index is 12.5. The molecule has 1 N–H and O–H groups in total. The summed E-state index contributed by atoms with van der Waals surface area (Å²) in [5, 5.41) is 3.27. The van der Waals surface area contributed by atoms with E-state index in [2.05, 4.69) is 17.1 Å². The molecule has 0 aromatic carbocycles. The van der Waals surface area contributed by atoms with Gasteiger partial charge in [0.05, 0.1) is 19.3 Å². The second kappa shape index (κ2) is 7.95. The second-order valence-electron chi connectivity index (χ2n) is 7.62. The predicted octanol–water partition coefficient (Wildman–Crippen LogP) is 2.15. The van der Waals surface area contributed by atoms with Gasteiger partial charge in [0.2, 0.25) is 5.91 Å². The summed E-state index contributed by atoms with van der Waals surface area (Å²) in [6.45, 7) is 7.73. The van der Waals surface area contributed by atoms with Crippen LogP contribution in [-0.2, 0) is 14.3 Å². The van der Waals surface area contributed by atoms with Crippen molar-refractivity contribution >= 4 is 5.91 Å². The molecule has 2 saturated heterocycles. The first-order chi connectivity index (χ1) is 11.1. The fraction of sp³-hybridized carbons (Fsp3) is 0.944. The Morgan fingerprint density at radius 2 is 1.65 bits per heavy atom. The van der Waals surface area contributed by atoms with Gasteiger partial charge in [0.25, 0.3) is 0 Å². The average molecular weight is 324 g/mol. The Morgan fingerprint density at radius 1 is 1.04 bits per heavy atom. The van der Waals surface area contributed by atoms with Crippen molar-refractivity contribution < 1.29 is 14.3 Å². The van der Waals surface area contributed by atoms with E-state index >= 15 is 0 Å². The van der Waals surface area contributed by atoms with E-state index in [1.807, 2.05) is 6.92 Å². The van der Waals surface area contributed by atoms with Crippen LogP contribution in [0, 0.1) is 11.8 Å². The highest BCUT2D eigenvalue weighted by Crippen LogP contribution is 2.27. The Labute approximate surface area is 140 Å². The van der Waals surface area contributed by atoms with Gasteiger partial charge in [-0.05, 0) is 64.5 Å². The zero-order chi connectivity index (χ0) is 16.2. The molecule has 23 heavy (non-hydrogen) atoms. The van der Waals surface area contributed by atoms with Crippen LogP contribution in [-0.4, -0.2) is 55.5 Å². The zero-order valence-electron chi connectivity index (χ0n) is 14.6. The van der Waals surface area contributed by atoms with E-state index in [9.17, 15) is 4.79 Å². The Morgan fingerprint density at radius 3 is 2.26 bits per heavy atom. The second-order valence-corrected chi connectivity index (χ2v) is 7.62. The van der Waals surface area contributed by atoms with Gasteiger partial charge in [-0.3, -0.25) is 9.69 Å². The minimum atomic E-state index is -0.0271. The number of piperidine rings is 1. The van der Waals surface area contributed by atoms with Gasteiger partial charge in [-0.25, -0.2) is 0 Å². The minimum Gasteiger partial charge on any atom is -0.352 e. The minimum absolute atomic E-state index is 0.00879. The standard InChI is InChI=1S/C18H32N2O3/c1-13-3-5-16(6-4-13)19-17(21)14(2)20-9-7-15(8-10-20)18-22-11-12-23-18/h13-16,18H,3-12H2,1-2H3,(H,19,21). The third kappa shape index (κ3) is 4.46.